The first kappa shape index (κ1) is 65.7. The van der Waals surface area contributed by atoms with Gasteiger partial charge < -0.3 is 73.6 Å². The van der Waals surface area contributed by atoms with Crippen molar-refractivity contribution in [3.8, 4) is 51.7 Å². The number of aliphatic hydroxyl groups excluding tert-OH is 2. The van der Waals surface area contributed by atoms with Crippen LogP contribution < -0.4 is 33.7 Å². The van der Waals surface area contributed by atoms with Gasteiger partial charge in [0.05, 0.1) is 42.1 Å². The second-order valence-electron chi connectivity index (χ2n) is 19.8. The number of rotatable bonds is 14. The number of nitrogens with one attached hydrogen (secondary N) is 1. The Kier molecular flexibility index (Phi) is 24.6. The Bertz CT molecular complexity index is 3420. The van der Waals surface area contributed by atoms with Crippen molar-refractivity contribution in [2.45, 2.75) is 38.3 Å². The molecule has 0 aliphatic carbocycles. The molecule has 1 aromatic heterocycles. The van der Waals surface area contributed by atoms with Crippen LogP contribution in [0, 0.1) is 12.7 Å². The lowest BCUT2D eigenvalue weighted by Gasteiger charge is -2.36. The molecule has 5 aliphatic rings. The molecule has 0 radical (unpaired) electrons. The van der Waals surface area contributed by atoms with Crippen molar-refractivity contribution in [3.63, 3.8) is 0 Å². The molecule has 0 amide bonds. The molecule has 460 valence electrons. The lowest BCUT2D eigenvalue weighted by molar-refractivity contribution is -0.132. The van der Waals surface area contributed by atoms with Crippen molar-refractivity contribution < 1.29 is 91.8 Å². The van der Waals surface area contributed by atoms with Crippen molar-refractivity contribution in [1.29, 1.82) is 0 Å². The number of anilines is 2. The van der Waals surface area contributed by atoms with Crippen LogP contribution in [0.25, 0.3) is 10.9 Å². The first-order chi connectivity index (χ1) is 42.0. The minimum atomic E-state index is -0.458. The third-order valence-corrected chi connectivity index (χ3v) is 13.6. The molecule has 3 fully saturated rings. The quantitative estimate of drug-likeness (QED) is 0.0205. The number of fused-ring (bicyclic) bond motifs is 3. The van der Waals surface area contributed by atoms with Crippen molar-refractivity contribution in [2.24, 2.45) is 0 Å². The molecule has 6 heterocycles. The fraction of sp³-hybridized carbons (Fsp3) is 0.306. The molecular formula is C62H65BrFN5O18. The second-order valence-corrected chi connectivity index (χ2v) is 20.7. The zero-order valence-electron chi connectivity index (χ0n) is 47.6. The Labute approximate surface area is 507 Å². The van der Waals surface area contributed by atoms with E-state index in [0.717, 1.165) is 62.9 Å². The third kappa shape index (κ3) is 20.4. The highest BCUT2D eigenvalue weighted by molar-refractivity contribution is 9.10. The maximum Gasteiger partial charge on any atom is 0.308 e. The normalized spacial score (nSPS) is 17.5. The maximum atomic E-state index is 14.5. The number of halogens is 2. The van der Waals surface area contributed by atoms with Gasteiger partial charge in [-0.15, -0.1) is 0 Å². The summed E-state index contributed by atoms with van der Waals surface area (Å²) in [5.41, 5.74) is 3.65. The number of carbonyl (C=O) groups is 5. The summed E-state index contributed by atoms with van der Waals surface area (Å²) in [6, 6.07) is 27.0. The molecular weight excluding hydrogens is 1200 g/mol. The van der Waals surface area contributed by atoms with Gasteiger partial charge in [-0.25, -0.2) is 14.4 Å². The number of esters is 1. The summed E-state index contributed by atoms with van der Waals surface area (Å²) in [4.78, 5) is 65.7. The number of ether oxygens (including phenoxy) is 8. The number of piperazine rings is 1. The Balaban J connectivity index is 0.000000164. The van der Waals surface area contributed by atoms with Crippen LogP contribution in [0.3, 0.4) is 0 Å². The molecule has 0 bridgehead atoms. The monoisotopic (exact) mass is 1270 g/mol. The number of carbonyl (C=O) groups excluding carboxylic acids is 5. The summed E-state index contributed by atoms with van der Waals surface area (Å²) in [5, 5.41) is 47.4. The number of phenols is 3. The van der Waals surface area contributed by atoms with E-state index in [1.165, 1.54) is 43.6 Å². The van der Waals surface area contributed by atoms with Crippen LogP contribution in [0.2, 0.25) is 0 Å². The van der Waals surface area contributed by atoms with Crippen molar-refractivity contribution in [1.82, 2.24) is 19.8 Å². The smallest absolute Gasteiger partial charge is 0.308 e. The number of likely N-dealkylation sites (N-methyl/N-ethyl adjacent to an activating group) is 1. The van der Waals surface area contributed by atoms with Crippen LogP contribution in [-0.2, 0) is 14.3 Å². The molecule has 23 nitrogen and oxygen atoms in total. The van der Waals surface area contributed by atoms with E-state index in [2.05, 4.69) is 52.8 Å². The summed E-state index contributed by atoms with van der Waals surface area (Å²) in [6.07, 6.45) is 4.15. The predicted molar refractivity (Wildman–Crippen MR) is 318 cm³/mol. The largest absolute Gasteiger partial charge is 0.508 e. The number of aldehydes is 4. The first-order valence-corrected chi connectivity index (χ1v) is 27.9. The van der Waals surface area contributed by atoms with E-state index in [9.17, 15) is 28.4 Å². The summed E-state index contributed by atoms with van der Waals surface area (Å²) >= 11 is 3.22. The van der Waals surface area contributed by atoms with E-state index in [-0.39, 0.29) is 66.4 Å². The number of hydrogen-bond donors (Lipinski definition) is 6. The van der Waals surface area contributed by atoms with E-state index in [1.807, 2.05) is 12.1 Å². The first-order valence-electron chi connectivity index (χ1n) is 27.2. The standard InChI is InChI=1S/C22H23BrFN5O2.C12H12O5.C10H10O4.C8H8O2.C7H6O3.C3H6O2/c1-28-5-7-29(8-6-28)11-14-12-30-19-10-18-15(9-20(19)31-14)22(26-13-25-18)27-17-4-2-3-16(23)21(17)24;1-8(14)17-12-4-9(5-13)2-3-11(12)16-7-10-6-15-10;11-4-7-1-2-9-10(3-7)14-8(5-12)6-13-9;1-6-4-7(5-9)2-3-8(6)10;8-4-5-1-2-6(9)7(10)3-5;4-1-3-2-5-3/h2-4,9-10,13-14H,5-8,11-12H2,1H3,(H,25,26,27);2-5,10H,6-7H2,1H3;1-4,8,12H,5-6H2;2-5,10H,1H3;1-4,9-10H;3-4H,1-2H2/t14-;10-;8-;;;3-/m101..1/s1. The number of epoxide rings is 2. The molecule has 0 unspecified atom stereocenters. The molecule has 5 aliphatic heterocycles. The van der Waals surface area contributed by atoms with Gasteiger partial charge in [-0.1, -0.05) is 6.07 Å². The van der Waals surface area contributed by atoms with Crippen LogP contribution in [0.15, 0.2) is 114 Å². The van der Waals surface area contributed by atoms with Crippen LogP contribution in [0.4, 0.5) is 15.9 Å². The van der Waals surface area contributed by atoms with Gasteiger partial charge in [0.1, 0.15) is 81.2 Å². The van der Waals surface area contributed by atoms with E-state index >= 15 is 0 Å². The van der Waals surface area contributed by atoms with Crippen molar-refractivity contribution in [2.75, 3.05) is 91.3 Å². The molecule has 3 saturated heterocycles. The van der Waals surface area contributed by atoms with Gasteiger partial charge in [-0.05, 0) is 126 Å². The fourth-order valence-corrected chi connectivity index (χ4v) is 8.40. The Morgan fingerprint density at radius 3 is 1.90 bits per heavy atom. The van der Waals surface area contributed by atoms with Gasteiger partial charge in [0.25, 0.3) is 0 Å². The number of phenolic OH excluding ortho intramolecular Hbond substituents is 3. The molecule has 6 N–H and O–H groups in total. The minimum absolute atomic E-state index is 0.0445. The minimum Gasteiger partial charge on any atom is -0.508 e. The lowest BCUT2D eigenvalue weighted by atomic mass is 10.1. The Hall–Kier alpha value is -8.82. The number of aromatic nitrogens is 2. The average Bonchev–Trinajstić information content (AvgIpc) is 2.80. The molecule has 0 spiro atoms. The van der Waals surface area contributed by atoms with Gasteiger partial charge in [0.2, 0.25) is 0 Å². The van der Waals surface area contributed by atoms with E-state index in [0.29, 0.717) is 111 Å². The summed E-state index contributed by atoms with van der Waals surface area (Å²) in [6.45, 7) is 10.9. The molecule has 0 saturated carbocycles. The maximum absolute atomic E-state index is 14.5. The van der Waals surface area contributed by atoms with E-state index in [1.54, 1.807) is 67.6 Å². The number of aromatic hydroxyl groups is 3. The molecule has 4 atom stereocenters. The van der Waals surface area contributed by atoms with Gasteiger partial charge in [-0.2, -0.15) is 0 Å². The summed E-state index contributed by atoms with van der Waals surface area (Å²) < 4.78 is 57.9. The number of aliphatic hydroxyl groups is 2. The zero-order chi connectivity index (χ0) is 62.4. The van der Waals surface area contributed by atoms with E-state index in [4.69, 9.17) is 58.7 Å². The molecule has 87 heavy (non-hydrogen) atoms. The molecule has 25 heteroatoms. The van der Waals surface area contributed by atoms with Crippen LogP contribution in [-0.4, -0.2) is 187 Å². The van der Waals surface area contributed by atoms with Gasteiger partial charge in [-0.3, -0.25) is 28.9 Å². The van der Waals surface area contributed by atoms with Gasteiger partial charge in [0, 0.05) is 73.4 Å². The highest BCUT2D eigenvalue weighted by Crippen LogP contribution is 2.39. The number of hydrogen-bond acceptors (Lipinski definition) is 23. The van der Waals surface area contributed by atoms with Crippen LogP contribution >= 0.6 is 15.9 Å². The number of nitrogens with zero attached hydrogens (tertiary/aromatic N) is 4. The number of aryl methyl sites for hydroxylation is 1. The third-order valence-electron chi connectivity index (χ3n) is 13.0. The number of benzene rings is 6. The average molecular weight is 1270 g/mol. The fourth-order valence-electron chi connectivity index (χ4n) is 8.03. The second kappa shape index (κ2) is 32.6. The van der Waals surface area contributed by atoms with Crippen LogP contribution in [0.1, 0.15) is 53.9 Å². The summed E-state index contributed by atoms with van der Waals surface area (Å²) in [5.74, 6) is 2.55. The Morgan fingerprint density at radius 2 is 1.26 bits per heavy atom. The summed E-state index contributed by atoms with van der Waals surface area (Å²) in [7, 11) is 2.15. The molecule has 7 aromatic rings. The van der Waals surface area contributed by atoms with Gasteiger partial charge >= 0.3 is 5.97 Å². The molecule has 6 aromatic carbocycles. The van der Waals surface area contributed by atoms with Crippen molar-refractivity contribution in [3.05, 3.63) is 148 Å². The van der Waals surface area contributed by atoms with Gasteiger partial charge in [0.15, 0.2) is 57.9 Å². The van der Waals surface area contributed by atoms with Crippen molar-refractivity contribution >= 4 is 69.5 Å². The Morgan fingerprint density at radius 1 is 0.667 bits per heavy atom. The lowest BCUT2D eigenvalue weighted by Crippen LogP contribution is -2.49. The van der Waals surface area contributed by atoms with E-state index < -0.39 is 5.97 Å². The SMILES string of the molecule is CC(=O)Oc1cc(C=O)ccc1OC[C@@H]1CO1.CN1CCN(C[C@@H]2COc3cc4ncnc(Nc5cccc(Br)c5F)c4cc3O2)CC1.Cc1cc(C=O)ccc1O.O=Cc1ccc(O)c(O)c1.O=Cc1ccc2c(c1)O[C@H](CO)CO2.OC[C@@H]1CO1. The molecule has 12 rings (SSSR count). The van der Waals surface area contributed by atoms with Crippen LogP contribution in [0.5, 0.6) is 51.7 Å². The highest BCUT2D eigenvalue weighted by atomic mass is 79.9. The zero-order valence-corrected chi connectivity index (χ0v) is 49.2. The topological polar surface area (TPSA) is 311 Å². The highest BCUT2D eigenvalue weighted by Gasteiger charge is 2.27. The predicted octanol–water partition coefficient (Wildman–Crippen LogP) is 7.30.